The van der Waals surface area contributed by atoms with Crippen molar-refractivity contribution in [3.8, 4) is 11.1 Å². The predicted molar refractivity (Wildman–Crippen MR) is 112 cm³/mol. The normalized spacial score (nSPS) is 12.0. The summed E-state index contributed by atoms with van der Waals surface area (Å²) in [5.41, 5.74) is 2.03. The molecule has 0 unspecified atom stereocenters. The molecular weight excluding hydrogens is 462 g/mol. The van der Waals surface area contributed by atoms with Gasteiger partial charge in [-0.2, -0.15) is 0 Å². The molecule has 0 aliphatic carbocycles. The minimum Gasteiger partial charge on any atom is -0.236 e. The van der Waals surface area contributed by atoms with E-state index < -0.39 is 16.4 Å². The molecule has 0 fully saturated rings. The van der Waals surface area contributed by atoms with Crippen LogP contribution >= 0.6 is 15.9 Å². The van der Waals surface area contributed by atoms with Gasteiger partial charge in [0.1, 0.15) is 0 Å². The van der Waals surface area contributed by atoms with Crippen LogP contribution in [-0.4, -0.2) is 17.4 Å². The van der Waals surface area contributed by atoms with Gasteiger partial charge < -0.3 is 0 Å². The highest BCUT2D eigenvalue weighted by Crippen LogP contribution is 2.35. The van der Waals surface area contributed by atoms with Crippen LogP contribution in [0.1, 0.15) is 17.6 Å². The van der Waals surface area contributed by atoms with Gasteiger partial charge in [-0.1, -0.05) is 35.9 Å². The Bertz CT molecular complexity index is 1320. The number of aryl methyl sites for hydroxylation is 1. The Morgan fingerprint density at radius 2 is 1.79 bits per heavy atom. The lowest BCUT2D eigenvalue weighted by Crippen LogP contribution is -2.12. The van der Waals surface area contributed by atoms with Crippen molar-refractivity contribution >= 4 is 37.0 Å². The van der Waals surface area contributed by atoms with Crippen LogP contribution in [0.15, 0.2) is 76.4 Å². The highest BCUT2D eigenvalue weighted by Gasteiger charge is 2.23. The van der Waals surface area contributed by atoms with E-state index in [1.165, 1.54) is 42.7 Å². The molecule has 8 heteroatoms. The van der Waals surface area contributed by atoms with E-state index in [9.17, 15) is 17.2 Å². The fraction of sp³-hybridized carbons (Fsp3) is 0.0952. The quantitative estimate of drug-likeness (QED) is 0.365. The van der Waals surface area contributed by atoms with Crippen molar-refractivity contribution in [1.29, 1.82) is 0 Å². The third-order valence-corrected chi connectivity index (χ3v) is 6.70. The number of halogens is 3. The molecule has 0 spiro atoms. The van der Waals surface area contributed by atoms with Gasteiger partial charge in [0.25, 0.3) is 16.4 Å². The van der Waals surface area contributed by atoms with E-state index in [1.807, 2.05) is 6.92 Å². The average molecular weight is 477 g/mol. The van der Waals surface area contributed by atoms with E-state index >= 15 is 0 Å². The first-order valence-electron chi connectivity index (χ1n) is 8.65. The molecule has 2 aromatic carbocycles. The van der Waals surface area contributed by atoms with Gasteiger partial charge >= 0.3 is 0 Å². The number of rotatable bonds is 4. The molecule has 2 aromatic heterocycles. The number of hydrogen-bond donors (Lipinski definition) is 0. The number of aromatic nitrogens is 2. The molecule has 0 bridgehead atoms. The SMILES string of the molecule is Cc1ccc(S(=O)(=O)n2cc(-c3cccc(C(F)F)c3)c3cc(Br)cnc32)cc1. The number of benzene rings is 2. The molecule has 2 heterocycles. The first kappa shape index (κ1) is 19.7. The minimum atomic E-state index is -3.92. The third-order valence-electron chi connectivity index (χ3n) is 4.61. The highest BCUT2D eigenvalue weighted by molar-refractivity contribution is 9.10. The lowest BCUT2D eigenvalue weighted by atomic mass is 10.0. The second-order valence-electron chi connectivity index (χ2n) is 6.61. The molecular formula is C21H15BrF2N2O2S. The zero-order valence-electron chi connectivity index (χ0n) is 15.2. The summed E-state index contributed by atoms with van der Waals surface area (Å²) in [5.74, 6) is 0. The molecule has 0 N–H and O–H groups in total. The predicted octanol–water partition coefficient (Wildman–Crippen LogP) is 5.95. The smallest absolute Gasteiger partial charge is 0.236 e. The lowest BCUT2D eigenvalue weighted by Gasteiger charge is -2.07. The molecule has 0 aliphatic rings. The van der Waals surface area contributed by atoms with E-state index in [-0.39, 0.29) is 16.1 Å². The first-order chi connectivity index (χ1) is 13.8. The monoisotopic (exact) mass is 476 g/mol. The van der Waals surface area contributed by atoms with Gasteiger partial charge in [-0.15, -0.1) is 0 Å². The van der Waals surface area contributed by atoms with Gasteiger partial charge in [0.05, 0.1) is 4.90 Å². The summed E-state index contributed by atoms with van der Waals surface area (Å²) in [7, 11) is -3.92. The summed E-state index contributed by atoms with van der Waals surface area (Å²) in [6.45, 7) is 1.87. The fourth-order valence-electron chi connectivity index (χ4n) is 3.13. The Hall–Kier alpha value is -2.58. The van der Waals surface area contributed by atoms with Gasteiger partial charge in [0.2, 0.25) is 0 Å². The van der Waals surface area contributed by atoms with Gasteiger partial charge in [-0.25, -0.2) is 26.2 Å². The zero-order valence-corrected chi connectivity index (χ0v) is 17.6. The Balaban J connectivity index is 1.98. The molecule has 0 amide bonds. The number of hydrogen-bond acceptors (Lipinski definition) is 3. The van der Waals surface area contributed by atoms with E-state index in [4.69, 9.17) is 0 Å². The molecule has 0 radical (unpaired) electrons. The summed E-state index contributed by atoms with van der Waals surface area (Å²) in [6, 6.07) is 14.1. The van der Waals surface area contributed by atoms with E-state index in [0.29, 0.717) is 21.0 Å². The summed E-state index contributed by atoms with van der Waals surface area (Å²) in [6.07, 6.45) is 0.316. The van der Waals surface area contributed by atoms with Crippen molar-refractivity contribution in [3.63, 3.8) is 0 Å². The maximum absolute atomic E-state index is 13.3. The maximum Gasteiger partial charge on any atom is 0.269 e. The molecule has 4 aromatic rings. The number of alkyl halides is 2. The van der Waals surface area contributed by atoms with Crippen molar-refractivity contribution in [1.82, 2.24) is 8.96 Å². The van der Waals surface area contributed by atoms with Crippen LogP contribution in [0.25, 0.3) is 22.2 Å². The van der Waals surface area contributed by atoms with Crippen LogP contribution < -0.4 is 0 Å². The van der Waals surface area contributed by atoms with Crippen molar-refractivity contribution in [2.75, 3.05) is 0 Å². The topological polar surface area (TPSA) is 52.0 Å². The third kappa shape index (κ3) is 3.58. The summed E-state index contributed by atoms with van der Waals surface area (Å²) >= 11 is 3.35. The Morgan fingerprint density at radius 1 is 1.07 bits per heavy atom. The standard InChI is InChI=1S/C21H15BrF2N2O2S/c1-13-5-7-17(8-6-13)29(27,28)26-12-19(18-10-16(22)11-25-21(18)26)14-3-2-4-15(9-14)20(23)24/h2-12,20H,1H3. The van der Waals surface area contributed by atoms with Crippen LogP contribution in [0.4, 0.5) is 8.78 Å². The van der Waals surface area contributed by atoms with Crippen molar-refractivity contribution < 1.29 is 17.2 Å². The van der Waals surface area contributed by atoms with Crippen LogP contribution in [0.2, 0.25) is 0 Å². The van der Waals surface area contributed by atoms with Crippen LogP contribution in [0, 0.1) is 6.92 Å². The van der Waals surface area contributed by atoms with Crippen molar-refractivity contribution in [3.05, 3.63) is 82.6 Å². The molecule has 29 heavy (non-hydrogen) atoms. The van der Waals surface area contributed by atoms with Crippen LogP contribution in [0.3, 0.4) is 0 Å². The molecule has 4 rings (SSSR count). The molecule has 0 saturated heterocycles. The van der Waals surface area contributed by atoms with Crippen molar-refractivity contribution in [2.45, 2.75) is 18.2 Å². The largest absolute Gasteiger partial charge is 0.269 e. The maximum atomic E-state index is 13.3. The Kier molecular flexibility index (Phi) is 5.00. The van der Waals surface area contributed by atoms with Gasteiger partial charge in [0, 0.05) is 33.4 Å². The van der Waals surface area contributed by atoms with Crippen LogP contribution in [-0.2, 0) is 10.0 Å². The van der Waals surface area contributed by atoms with E-state index in [1.54, 1.807) is 24.3 Å². The summed E-state index contributed by atoms with van der Waals surface area (Å²) in [5, 5.41) is 0.543. The van der Waals surface area contributed by atoms with E-state index in [2.05, 4.69) is 20.9 Å². The second-order valence-corrected chi connectivity index (χ2v) is 9.34. The first-order valence-corrected chi connectivity index (χ1v) is 10.9. The zero-order chi connectivity index (χ0) is 20.8. The molecule has 148 valence electrons. The molecule has 0 atom stereocenters. The second kappa shape index (κ2) is 7.35. The van der Waals surface area contributed by atoms with Crippen molar-refractivity contribution in [2.24, 2.45) is 0 Å². The average Bonchev–Trinajstić information content (AvgIpc) is 3.08. The summed E-state index contributed by atoms with van der Waals surface area (Å²) < 4.78 is 54.6. The Labute approximate surface area is 175 Å². The van der Waals surface area contributed by atoms with E-state index in [0.717, 1.165) is 9.54 Å². The molecule has 0 saturated carbocycles. The Morgan fingerprint density at radius 3 is 2.48 bits per heavy atom. The molecule has 0 aliphatic heterocycles. The fourth-order valence-corrected chi connectivity index (χ4v) is 4.79. The van der Waals surface area contributed by atoms with Gasteiger partial charge in [-0.05, 0) is 52.7 Å². The van der Waals surface area contributed by atoms with Gasteiger partial charge in [-0.3, -0.25) is 0 Å². The van der Waals surface area contributed by atoms with Gasteiger partial charge in [0.15, 0.2) is 5.65 Å². The minimum absolute atomic E-state index is 0.123. The number of fused-ring (bicyclic) bond motifs is 1. The van der Waals surface area contributed by atoms with Crippen LogP contribution in [0.5, 0.6) is 0 Å². The summed E-state index contributed by atoms with van der Waals surface area (Å²) in [4.78, 5) is 4.41. The number of pyridine rings is 1. The number of nitrogens with zero attached hydrogens (tertiary/aromatic N) is 2. The molecule has 4 nitrogen and oxygen atoms in total. The highest BCUT2D eigenvalue weighted by atomic mass is 79.9. The lowest BCUT2D eigenvalue weighted by molar-refractivity contribution is 0.151.